The number of nitrogens with zero attached hydrogens (tertiary/aromatic N) is 2. The molecule has 2 aromatic rings. The normalized spacial score (nSPS) is 12.2. The zero-order chi connectivity index (χ0) is 12.8. The minimum absolute atomic E-state index is 0.374. The molecular weight excluding hydrogens is 228 g/mol. The average Bonchev–Trinajstić information content (AvgIpc) is 2.88. The maximum absolute atomic E-state index is 11.4. The molecule has 3 N–H and O–H groups in total. The molecule has 1 atom stereocenters. The number of rotatable bonds is 6. The number of carbonyl (C=O) groups excluding carboxylic acids is 1. The van der Waals surface area contributed by atoms with E-state index in [1.54, 1.807) is 17.1 Å². The Balaban J connectivity index is 1.93. The van der Waals surface area contributed by atoms with Gasteiger partial charge in [0.2, 0.25) is 5.91 Å². The van der Waals surface area contributed by atoms with E-state index in [1.807, 2.05) is 36.4 Å². The Morgan fingerprint density at radius 2 is 2.11 bits per heavy atom. The van der Waals surface area contributed by atoms with Crippen molar-refractivity contribution in [3.63, 3.8) is 0 Å². The maximum Gasteiger partial charge on any atom is 0.236 e. The zero-order valence-electron chi connectivity index (χ0n) is 9.99. The summed E-state index contributed by atoms with van der Waals surface area (Å²) in [6.07, 6.45) is 3.48. The molecule has 0 aliphatic rings. The van der Waals surface area contributed by atoms with Crippen molar-refractivity contribution >= 4 is 5.91 Å². The third-order valence-corrected chi connectivity index (χ3v) is 2.67. The standard InChI is InChI=1S/C13H16N4O/c14-13(18)12(10-17-8-4-7-16-17)15-9-11-5-2-1-3-6-11/h1-8,12,15H,9-10H2,(H2,14,18). The summed E-state index contributed by atoms with van der Waals surface area (Å²) in [5.41, 5.74) is 6.49. The highest BCUT2D eigenvalue weighted by molar-refractivity contribution is 5.79. The second-order valence-corrected chi connectivity index (χ2v) is 4.05. The number of benzene rings is 1. The van der Waals surface area contributed by atoms with Crippen LogP contribution in [0.4, 0.5) is 0 Å². The Kier molecular flexibility index (Phi) is 4.09. The molecule has 1 aromatic carbocycles. The van der Waals surface area contributed by atoms with E-state index in [9.17, 15) is 4.79 Å². The van der Waals surface area contributed by atoms with E-state index in [4.69, 9.17) is 5.73 Å². The number of aromatic nitrogens is 2. The number of carbonyl (C=O) groups is 1. The van der Waals surface area contributed by atoms with Crippen LogP contribution in [0.3, 0.4) is 0 Å². The van der Waals surface area contributed by atoms with Gasteiger partial charge < -0.3 is 11.1 Å². The van der Waals surface area contributed by atoms with Crippen molar-refractivity contribution in [3.8, 4) is 0 Å². The lowest BCUT2D eigenvalue weighted by molar-refractivity contribution is -0.120. The first-order chi connectivity index (χ1) is 8.75. The highest BCUT2D eigenvalue weighted by atomic mass is 16.1. The van der Waals surface area contributed by atoms with Gasteiger partial charge in [-0.05, 0) is 11.6 Å². The van der Waals surface area contributed by atoms with Gasteiger partial charge in [-0.1, -0.05) is 30.3 Å². The monoisotopic (exact) mass is 244 g/mol. The molecule has 2 rings (SSSR count). The predicted octanol–water partition coefficient (Wildman–Crippen LogP) is 0.527. The number of hydrogen-bond acceptors (Lipinski definition) is 3. The van der Waals surface area contributed by atoms with E-state index in [0.29, 0.717) is 13.1 Å². The Morgan fingerprint density at radius 3 is 2.72 bits per heavy atom. The molecule has 0 aliphatic carbocycles. The highest BCUT2D eigenvalue weighted by Gasteiger charge is 2.15. The van der Waals surface area contributed by atoms with Gasteiger partial charge in [0.25, 0.3) is 0 Å². The summed E-state index contributed by atoms with van der Waals surface area (Å²) in [6.45, 7) is 1.05. The molecule has 0 bridgehead atoms. The van der Waals surface area contributed by atoms with Crippen LogP contribution in [0.2, 0.25) is 0 Å². The van der Waals surface area contributed by atoms with Crippen molar-refractivity contribution in [3.05, 3.63) is 54.4 Å². The third-order valence-electron chi connectivity index (χ3n) is 2.67. The van der Waals surface area contributed by atoms with E-state index >= 15 is 0 Å². The number of amides is 1. The van der Waals surface area contributed by atoms with Crippen molar-refractivity contribution in [1.29, 1.82) is 0 Å². The first-order valence-electron chi connectivity index (χ1n) is 5.80. The molecule has 1 amide bonds. The van der Waals surface area contributed by atoms with Crippen LogP contribution in [-0.4, -0.2) is 21.7 Å². The minimum Gasteiger partial charge on any atom is -0.368 e. The number of hydrogen-bond donors (Lipinski definition) is 2. The van der Waals surface area contributed by atoms with E-state index < -0.39 is 6.04 Å². The molecule has 5 heteroatoms. The van der Waals surface area contributed by atoms with Crippen LogP contribution in [0, 0.1) is 0 Å². The molecule has 0 fully saturated rings. The lowest BCUT2D eigenvalue weighted by Gasteiger charge is -2.15. The van der Waals surface area contributed by atoms with E-state index in [0.717, 1.165) is 5.56 Å². The smallest absolute Gasteiger partial charge is 0.236 e. The van der Waals surface area contributed by atoms with Crippen molar-refractivity contribution in [2.75, 3.05) is 0 Å². The molecule has 1 aromatic heterocycles. The van der Waals surface area contributed by atoms with Crippen LogP contribution >= 0.6 is 0 Å². The van der Waals surface area contributed by atoms with Gasteiger partial charge in [-0.25, -0.2) is 0 Å². The van der Waals surface area contributed by atoms with Gasteiger partial charge in [0.1, 0.15) is 6.04 Å². The molecule has 0 aliphatic heterocycles. The summed E-state index contributed by atoms with van der Waals surface area (Å²) in [7, 11) is 0. The fraction of sp³-hybridized carbons (Fsp3) is 0.231. The molecule has 1 unspecified atom stereocenters. The molecule has 1 heterocycles. The van der Waals surface area contributed by atoms with Crippen LogP contribution in [0.25, 0.3) is 0 Å². The molecule has 0 radical (unpaired) electrons. The van der Waals surface area contributed by atoms with Gasteiger partial charge in [-0.2, -0.15) is 5.10 Å². The molecule has 0 saturated heterocycles. The number of nitrogens with two attached hydrogens (primary N) is 1. The van der Waals surface area contributed by atoms with Gasteiger partial charge >= 0.3 is 0 Å². The Morgan fingerprint density at radius 1 is 1.33 bits per heavy atom. The van der Waals surface area contributed by atoms with E-state index in [-0.39, 0.29) is 5.91 Å². The molecule has 94 valence electrons. The molecular formula is C13H16N4O. The Hall–Kier alpha value is -2.14. The quantitative estimate of drug-likeness (QED) is 0.778. The first-order valence-corrected chi connectivity index (χ1v) is 5.80. The number of nitrogens with one attached hydrogen (secondary N) is 1. The molecule has 0 spiro atoms. The fourth-order valence-electron chi connectivity index (χ4n) is 1.69. The molecule has 18 heavy (non-hydrogen) atoms. The first kappa shape index (κ1) is 12.3. The number of primary amides is 1. The average molecular weight is 244 g/mol. The largest absolute Gasteiger partial charge is 0.368 e. The SMILES string of the molecule is NC(=O)C(Cn1cccn1)NCc1ccccc1. The summed E-state index contributed by atoms with van der Waals surface area (Å²) < 4.78 is 1.69. The summed E-state index contributed by atoms with van der Waals surface area (Å²) in [4.78, 5) is 11.4. The van der Waals surface area contributed by atoms with Gasteiger partial charge in [0.15, 0.2) is 0 Å². The van der Waals surface area contributed by atoms with Crippen molar-refractivity contribution in [1.82, 2.24) is 15.1 Å². The van der Waals surface area contributed by atoms with Gasteiger partial charge in [0.05, 0.1) is 6.54 Å². The van der Waals surface area contributed by atoms with Gasteiger partial charge in [-0.3, -0.25) is 9.48 Å². The summed E-state index contributed by atoms with van der Waals surface area (Å²) >= 11 is 0. The van der Waals surface area contributed by atoms with E-state index in [1.165, 1.54) is 0 Å². The Labute approximate surface area is 106 Å². The van der Waals surface area contributed by atoms with Crippen LogP contribution in [0.15, 0.2) is 48.8 Å². The van der Waals surface area contributed by atoms with Crippen LogP contribution in [-0.2, 0) is 17.9 Å². The maximum atomic E-state index is 11.4. The topological polar surface area (TPSA) is 72.9 Å². The van der Waals surface area contributed by atoms with Gasteiger partial charge in [-0.15, -0.1) is 0 Å². The van der Waals surface area contributed by atoms with Crippen LogP contribution in [0.1, 0.15) is 5.56 Å². The summed E-state index contributed by atoms with van der Waals surface area (Å²) in [5.74, 6) is -0.374. The minimum atomic E-state index is -0.426. The zero-order valence-corrected chi connectivity index (χ0v) is 9.99. The predicted molar refractivity (Wildman–Crippen MR) is 68.5 cm³/mol. The second kappa shape index (κ2) is 5.97. The van der Waals surface area contributed by atoms with E-state index in [2.05, 4.69) is 10.4 Å². The third kappa shape index (κ3) is 3.43. The lowest BCUT2D eigenvalue weighted by atomic mass is 10.2. The molecule has 5 nitrogen and oxygen atoms in total. The Bertz CT molecular complexity index is 481. The van der Waals surface area contributed by atoms with Crippen molar-refractivity contribution in [2.45, 2.75) is 19.1 Å². The van der Waals surface area contributed by atoms with Crippen LogP contribution in [0.5, 0.6) is 0 Å². The van der Waals surface area contributed by atoms with Crippen LogP contribution < -0.4 is 11.1 Å². The summed E-state index contributed by atoms with van der Waals surface area (Å²) in [5, 5.41) is 7.20. The summed E-state index contributed by atoms with van der Waals surface area (Å²) in [6, 6.07) is 11.3. The lowest BCUT2D eigenvalue weighted by Crippen LogP contribution is -2.44. The second-order valence-electron chi connectivity index (χ2n) is 4.05. The van der Waals surface area contributed by atoms with Crippen molar-refractivity contribution in [2.24, 2.45) is 5.73 Å². The highest BCUT2D eigenvalue weighted by Crippen LogP contribution is 1.99. The molecule has 0 saturated carbocycles. The van der Waals surface area contributed by atoms with Gasteiger partial charge in [0, 0.05) is 18.9 Å². The fourth-order valence-corrected chi connectivity index (χ4v) is 1.69. The van der Waals surface area contributed by atoms with Crippen molar-refractivity contribution < 1.29 is 4.79 Å².